The maximum Gasteiger partial charge on any atom is 0.291 e. The highest BCUT2D eigenvalue weighted by Gasteiger charge is 2.46. The summed E-state index contributed by atoms with van der Waals surface area (Å²) in [6.45, 7) is 2.55. The first-order valence-electron chi connectivity index (χ1n) is 4.18. The fourth-order valence-corrected chi connectivity index (χ4v) is 1.32. The summed E-state index contributed by atoms with van der Waals surface area (Å²) in [5, 5.41) is 0.0380. The van der Waals surface area contributed by atoms with Gasteiger partial charge in [-0.25, -0.2) is 0 Å². The van der Waals surface area contributed by atoms with Crippen molar-refractivity contribution in [1.82, 2.24) is 0 Å². The number of alkyl halides is 2. The van der Waals surface area contributed by atoms with Crippen molar-refractivity contribution in [2.75, 3.05) is 0 Å². The molecule has 0 unspecified atom stereocenters. The highest BCUT2D eigenvalue weighted by atomic mass is 35.5. The van der Waals surface area contributed by atoms with Crippen molar-refractivity contribution in [3.05, 3.63) is 34.9 Å². The Balaban J connectivity index is 3.23. The van der Waals surface area contributed by atoms with E-state index in [1.54, 1.807) is 6.07 Å². The highest BCUT2D eigenvalue weighted by molar-refractivity contribution is 6.31. The first kappa shape index (κ1) is 11.4. The van der Waals surface area contributed by atoms with E-state index in [0.29, 0.717) is 0 Å². The van der Waals surface area contributed by atoms with Gasteiger partial charge < -0.3 is 5.73 Å². The minimum atomic E-state index is -3.13. The number of hydrogen-bond acceptors (Lipinski definition) is 1. The van der Waals surface area contributed by atoms with E-state index in [1.807, 2.05) is 0 Å². The van der Waals surface area contributed by atoms with Gasteiger partial charge in [-0.2, -0.15) is 8.78 Å². The highest BCUT2D eigenvalue weighted by Crippen LogP contribution is 2.40. The third-order valence-electron chi connectivity index (χ3n) is 2.02. The minimum absolute atomic E-state index is 0.0380. The van der Waals surface area contributed by atoms with Crippen LogP contribution in [0.25, 0.3) is 0 Å². The van der Waals surface area contributed by atoms with E-state index >= 15 is 0 Å². The molecular formula is C10H12ClF2N. The van der Waals surface area contributed by atoms with Crippen LogP contribution in [0.4, 0.5) is 8.78 Å². The molecule has 0 aromatic heterocycles. The summed E-state index contributed by atoms with van der Waals surface area (Å²) in [4.78, 5) is 0. The van der Waals surface area contributed by atoms with Gasteiger partial charge in [0, 0.05) is 10.6 Å². The molecule has 0 heterocycles. The maximum absolute atomic E-state index is 13.7. The Morgan fingerprint density at radius 1 is 1.21 bits per heavy atom. The van der Waals surface area contributed by atoms with Gasteiger partial charge in [0.1, 0.15) is 0 Å². The number of hydrogen-bond donors (Lipinski definition) is 1. The minimum Gasteiger partial charge on any atom is -0.320 e. The van der Waals surface area contributed by atoms with Crippen LogP contribution < -0.4 is 5.73 Å². The molecule has 0 spiro atoms. The largest absolute Gasteiger partial charge is 0.320 e. The average molecular weight is 220 g/mol. The van der Waals surface area contributed by atoms with Gasteiger partial charge in [0.05, 0.1) is 5.54 Å². The van der Waals surface area contributed by atoms with Crippen molar-refractivity contribution >= 4 is 11.6 Å². The van der Waals surface area contributed by atoms with Gasteiger partial charge >= 0.3 is 0 Å². The average Bonchev–Trinajstić information content (AvgIpc) is 2.02. The summed E-state index contributed by atoms with van der Waals surface area (Å²) in [5.74, 6) is -3.13. The van der Waals surface area contributed by atoms with E-state index in [0.717, 1.165) is 0 Å². The van der Waals surface area contributed by atoms with Crippen LogP contribution in [0.1, 0.15) is 19.4 Å². The third kappa shape index (κ3) is 1.88. The molecule has 0 amide bonds. The number of nitrogens with two attached hydrogens (primary N) is 1. The smallest absolute Gasteiger partial charge is 0.291 e. The van der Waals surface area contributed by atoms with Gasteiger partial charge in [-0.15, -0.1) is 0 Å². The normalized spacial score (nSPS) is 13.0. The second kappa shape index (κ2) is 3.48. The lowest BCUT2D eigenvalue weighted by Crippen LogP contribution is -2.48. The van der Waals surface area contributed by atoms with Gasteiger partial charge in [0.15, 0.2) is 0 Å². The second-order valence-corrected chi connectivity index (χ2v) is 4.18. The van der Waals surface area contributed by atoms with E-state index in [-0.39, 0.29) is 10.6 Å². The zero-order valence-electron chi connectivity index (χ0n) is 8.02. The topological polar surface area (TPSA) is 26.0 Å². The molecule has 0 saturated heterocycles. The first-order valence-corrected chi connectivity index (χ1v) is 4.56. The summed E-state index contributed by atoms with van der Waals surface area (Å²) in [7, 11) is 0. The number of benzene rings is 1. The van der Waals surface area contributed by atoms with Gasteiger partial charge in [-0.05, 0) is 19.9 Å². The molecule has 0 aliphatic carbocycles. The van der Waals surface area contributed by atoms with Crippen molar-refractivity contribution in [1.29, 1.82) is 0 Å². The van der Waals surface area contributed by atoms with Crippen LogP contribution in [0.15, 0.2) is 24.3 Å². The van der Waals surface area contributed by atoms with Crippen LogP contribution in [-0.2, 0) is 5.92 Å². The van der Waals surface area contributed by atoms with Crippen LogP contribution in [0, 0.1) is 0 Å². The molecule has 78 valence electrons. The lowest BCUT2D eigenvalue weighted by molar-refractivity contribution is -0.0671. The lowest BCUT2D eigenvalue weighted by atomic mass is 9.91. The molecule has 4 heteroatoms. The quantitative estimate of drug-likeness (QED) is 0.813. The summed E-state index contributed by atoms with van der Waals surface area (Å²) in [5.41, 5.74) is 3.55. The fourth-order valence-electron chi connectivity index (χ4n) is 1.06. The monoisotopic (exact) mass is 219 g/mol. The molecule has 1 nitrogen and oxygen atoms in total. The Hall–Kier alpha value is -0.670. The number of halogens is 3. The molecule has 0 radical (unpaired) electrons. The van der Waals surface area contributed by atoms with Crippen LogP contribution in [-0.4, -0.2) is 5.54 Å². The molecular weight excluding hydrogens is 208 g/mol. The maximum atomic E-state index is 13.7. The molecule has 0 saturated carbocycles. The summed E-state index contributed by atoms with van der Waals surface area (Å²) < 4.78 is 27.4. The van der Waals surface area contributed by atoms with Crippen molar-refractivity contribution < 1.29 is 8.78 Å². The Kier molecular flexibility index (Phi) is 2.83. The zero-order chi connectivity index (χ0) is 11.0. The van der Waals surface area contributed by atoms with E-state index in [9.17, 15) is 8.78 Å². The van der Waals surface area contributed by atoms with Crippen LogP contribution in [0.3, 0.4) is 0 Å². The van der Waals surface area contributed by atoms with Crippen LogP contribution in [0.5, 0.6) is 0 Å². The van der Waals surface area contributed by atoms with Gasteiger partial charge in [-0.1, -0.05) is 29.8 Å². The van der Waals surface area contributed by atoms with E-state index in [2.05, 4.69) is 0 Å². The summed E-state index contributed by atoms with van der Waals surface area (Å²) in [6.07, 6.45) is 0. The lowest BCUT2D eigenvalue weighted by Gasteiger charge is -2.30. The molecule has 0 atom stereocenters. The molecule has 0 fully saturated rings. The first-order chi connectivity index (χ1) is 6.27. The zero-order valence-corrected chi connectivity index (χ0v) is 8.78. The Bertz CT molecular complexity index is 331. The van der Waals surface area contributed by atoms with Crippen LogP contribution >= 0.6 is 11.6 Å². The molecule has 0 aliphatic heterocycles. The van der Waals surface area contributed by atoms with Crippen molar-refractivity contribution in [3.8, 4) is 0 Å². The second-order valence-electron chi connectivity index (χ2n) is 3.78. The molecule has 1 rings (SSSR count). The fraction of sp³-hybridized carbons (Fsp3) is 0.400. The molecule has 2 N–H and O–H groups in total. The number of rotatable bonds is 2. The molecule has 14 heavy (non-hydrogen) atoms. The summed E-state index contributed by atoms with van der Waals surface area (Å²) in [6, 6.07) is 5.83. The van der Waals surface area contributed by atoms with E-state index in [1.165, 1.54) is 32.0 Å². The predicted molar refractivity (Wildman–Crippen MR) is 53.6 cm³/mol. The summed E-state index contributed by atoms with van der Waals surface area (Å²) >= 11 is 5.68. The van der Waals surface area contributed by atoms with E-state index < -0.39 is 11.5 Å². The Labute approximate surface area is 86.9 Å². The van der Waals surface area contributed by atoms with E-state index in [4.69, 9.17) is 17.3 Å². The third-order valence-corrected chi connectivity index (χ3v) is 2.35. The van der Waals surface area contributed by atoms with Gasteiger partial charge in [0.2, 0.25) is 0 Å². The van der Waals surface area contributed by atoms with Gasteiger partial charge in [0.25, 0.3) is 5.92 Å². The van der Waals surface area contributed by atoms with Gasteiger partial charge in [-0.3, -0.25) is 0 Å². The Morgan fingerprint density at radius 3 is 2.14 bits per heavy atom. The standard InChI is InChI=1S/C10H12ClF2N/c1-9(2,14)10(12,13)7-5-3-4-6-8(7)11/h3-6H,14H2,1-2H3. The molecule has 0 bridgehead atoms. The molecule has 0 aliphatic rings. The van der Waals surface area contributed by atoms with Crippen molar-refractivity contribution in [3.63, 3.8) is 0 Å². The van der Waals surface area contributed by atoms with Crippen LogP contribution in [0.2, 0.25) is 5.02 Å². The van der Waals surface area contributed by atoms with Crippen molar-refractivity contribution in [2.45, 2.75) is 25.3 Å². The predicted octanol–water partition coefficient (Wildman–Crippen LogP) is 3.17. The SMILES string of the molecule is CC(C)(N)C(F)(F)c1ccccc1Cl. The molecule has 1 aromatic rings. The van der Waals surface area contributed by atoms with Crippen molar-refractivity contribution in [2.24, 2.45) is 5.73 Å². The molecule has 1 aromatic carbocycles. The Morgan fingerprint density at radius 2 is 1.71 bits per heavy atom.